The van der Waals surface area contributed by atoms with E-state index in [4.69, 9.17) is 0 Å². The molecule has 96 valence electrons. The lowest BCUT2D eigenvalue weighted by Gasteiger charge is -2.09. The highest BCUT2D eigenvalue weighted by Crippen LogP contribution is 2.20. The lowest BCUT2D eigenvalue weighted by atomic mass is 10.1. The number of rotatable bonds is 8. The number of hydrogen-bond donors (Lipinski definition) is 2. The zero-order valence-electron chi connectivity index (χ0n) is 10.9. The summed E-state index contributed by atoms with van der Waals surface area (Å²) in [4.78, 5) is 0. The molecular formula is C14H23BrN2. The fourth-order valence-corrected chi connectivity index (χ4v) is 2.11. The first-order valence-electron chi connectivity index (χ1n) is 6.41. The fraction of sp³-hybridized carbons (Fsp3) is 0.571. The molecule has 0 saturated carbocycles. The number of aryl methyl sites for hydroxylation is 1. The molecule has 0 fully saturated rings. The minimum Gasteiger partial charge on any atom is -0.317 e. The van der Waals surface area contributed by atoms with E-state index < -0.39 is 0 Å². The molecule has 0 bridgehead atoms. The summed E-state index contributed by atoms with van der Waals surface area (Å²) in [5.74, 6) is 0. The first-order valence-corrected chi connectivity index (χ1v) is 7.20. The quantitative estimate of drug-likeness (QED) is 0.720. The Morgan fingerprint density at radius 3 is 2.65 bits per heavy atom. The Bertz CT molecular complexity index is 326. The molecule has 0 unspecified atom stereocenters. The number of benzene rings is 1. The third-order valence-corrected chi connectivity index (χ3v) is 3.86. The summed E-state index contributed by atoms with van der Waals surface area (Å²) in [6, 6.07) is 6.40. The average molecular weight is 299 g/mol. The molecule has 0 aliphatic heterocycles. The van der Waals surface area contributed by atoms with Gasteiger partial charge in [-0.2, -0.15) is 0 Å². The second kappa shape index (κ2) is 8.67. The summed E-state index contributed by atoms with van der Waals surface area (Å²) < 4.78 is 1.23. The molecule has 0 saturated heterocycles. The topological polar surface area (TPSA) is 24.1 Å². The van der Waals surface area contributed by atoms with Crippen LogP contribution in [-0.4, -0.2) is 19.6 Å². The first-order chi connectivity index (χ1) is 8.25. The van der Waals surface area contributed by atoms with Gasteiger partial charge in [0.15, 0.2) is 0 Å². The second-order valence-electron chi connectivity index (χ2n) is 4.33. The van der Waals surface area contributed by atoms with Gasteiger partial charge in [0, 0.05) is 11.0 Å². The highest BCUT2D eigenvalue weighted by molar-refractivity contribution is 9.10. The van der Waals surface area contributed by atoms with Crippen molar-refractivity contribution >= 4 is 15.9 Å². The molecule has 1 aromatic carbocycles. The van der Waals surface area contributed by atoms with E-state index in [0.29, 0.717) is 0 Å². The molecule has 2 N–H and O–H groups in total. The van der Waals surface area contributed by atoms with E-state index in [-0.39, 0.29) is 0 Å². The van der Waals surface area contributed by atoms with Crippen LogP contribution < -0.4 is 10.6 Å². The van der Waals surface area contributed by atoms with Crippen molar-refractivity contribution in [3.63, 3.8) is 0 Å². The van der Waals surface area contributed by atoms with Gasteiger partial charge in [-0.05, 0) is 50.5 Å². The predicted octanol–water partition coefficient (Wildman–Crippen LogP) is 3.24. The molecule has 0 aromatic heterocycles. The Morgan fingerprint density at radius 2 is 1.88 bits per heavy atom. The molecule has 17 heavy (non-hydrogen) atoms. The van der Waals surface area contributed by atoms with Crippen LogP contribution in [0.1, 0.15) is 30.9 Å². The van der Waals surface area contributed by atoms with Crippen LogP contribution in [0.15, 0.2) is 22.7 Å². The zero-order chi connectivity index (χ0) is 12.5. The Kier molecular flexibility index (Phi) is 7.49. The van der Waals surface area contributed by atoms with Crippen LogP contribution >= 0.6 is 15.9 Å². The van der Waals surface area contributed by atoms with Crippen LogP contribution in [-0.2, 0) is 6.54 Å². The molecule has 2 nitrogen and oxygen atoms in total. The second-order valence-corrected chi connectivity index (χ2v) is 5.12. The Morgan fingerprint density at radius 1 is 1.12 bits per heavy atom. The van der Waals surface area contributed by atoms with Gasteiger partial charge in [-0.1, -0.05) is 41.1 Å². The maximum Gasteiger partial charge on any atom is 0.0249 e. The normalized spacial score (nSPS) is 10.8. The molecule has 1 rings (SSSR count). The fourth-order valence-electron chi connectivity index (χ4n) is 1.71. The van der Waals surface area contributed by atoms with Crippen molar-refractivity contribution in [2.24, 2.45) is 0 Å². The first kappa shape index (κ1) is 14.7. The maximum absolute atomic E-state index is 3.63. The van der Waals surface area contributed by atoms with Gasteiger partial charge in [0.1, 0.15) is 0 Å². The lowest BCUT2D eigenvalue weighted by molar-refractivity contribution is 0.591. The van der Waals surface area contributed by atoms with Crippen molar-refractivity contribution in [3.8, 4) is 0 Å². The molecule has 0 atom stereocenters. The van der Waals surface area contributed by atoms with Crippen LogP contribution in [0.25, 0.3) is 0 Å². The lowest BCUT2D eigenvalue weighted by Crippen LogP contribution is -2.22. The van der Waals surface area contributed by atoms with E-state index in [1.807, 2.05) is 0 Å². The van der Waals surface area contributed by atoms with Crippen LogP contribution in [0.5, 0.6) is 0 Å². The molecule has 0 radical (unpaired) electrons. The summed E-state index contributed by atoms with van der Waals surface area (Å²) in [5, 5.41) is 6.88. The van der Waals surface area contributed by atoms with Gasteiger partial charge < -0.3 is 10.6 Å². The van der Waals surface area contributed by atoms with Gasteiger partial charge in [-0.3, -0.25) is 0 Å². The van der Waals surface area contributed by atoms with Crippen LogP contribution in [0, 0.1) is 6.92 Å². The summed E-state index contributed by atoms with van der Waals surface area (Å²) in [6.45, 7) is 8.56. The minimum atomic E-state index is 0.941. The summed E-state index contributed by atoms with van der Waals surface area (Å²) in [6.07, 6.45) is 2.40. The van der Waals surface area contributed by atoms with Crippen molar-refractivity contribution in [1.82, 2.24) is 10.6 Å². The molecule has 0 spiro atoms. The highest BCUT2D eigenvalue weighted by Gasteiger charge is 2.00. The third-order valence-electron chi connectivity index (χ3n) is 2.72. The van der Waals surface area contributed by atoms with Crippen LogP contribution in [0.4, 0.5) is 0 Å². The van der Waals surface area contributed by atoms with Crippen molar-refractivity contribution < 1.29 is 0 Å². The van der Waals surface area contributed by atoms with Gasteiger partial charge in [-0.15, -0.1) is 0 Å². The van der Waals surface area contributed by atoms with E-state index in [1.54, 1.807) is 0 Å². The molecule has 1 aromatic rings. The number of halogens is 1. The van der Waals surface area contributed by atoms with E-state index in [9.17, 15) is 0 Å². The maximum atomic E-state index is 3.63. The van der Waals surface area contributed by atoms with Gasteiger partial charge in [0.2, 0.25) is 0 Å². The molecule has 3 heteroatoms. The van der Waals surface area contributed by atoms with Gasteiger partial charge in [0.25, 0.3) is 0 Å². The molecule has 0 aliphatic rings. The van der Waals surface area contributed by atoms with Crippen LogP contribution in [0.3, 0.4) is 0 Å². The third kappa shape index (κ3) is 5.66. The summed E-state index contributed by atoms with van der Waals surface area (Å²) >= 11 is 3.63. The van der Waals surface area contributed by atoms with Gasteiger partial charge in [0.05, 0.1) is 0 Å². The van der Waals surface area contributed by atoms with Crippen molar-refractivity contribution in [1.29, 1.82) is 0 Å². The van der Waals surface area contributed by atoms with E-state index >= 15 is 0 Å². The van der Waals surface area contributed by atoms with Gasteiger partial charge >= 0.3 is 0 Å². The number of nitrogens with one attached hydrogen (secondary N) is 2. The highest BCUT2D eigenvalue weighted by atomic mass is 79.9. The Balaban J connectivity index is 2.16. The Hall–Kier alpha value is -0.380. The van der Waals surface area contributed by atoms with Crippen molar-refractivity contribution in [3.05, 3.63) is 33.8 Å². The number of hydrogen-bond acceptors (Lipinski definition) is 2. The van der Waals surface area contributed by atoms with Crippen molar-refractivity contribution in [2.75, 3.05) is 19.6 Å². The standard InChI is InChI=1S/C14H23BrN2/c1-3-8-16-9-5-10-17-11-13-7-4-6-12(2)14(13)15/h4,6-7,16-17H,3,5,8-11H2,1-2H3. The zero-order valence-corrected chi connectivity index (χ0v) is 12.4. The summed E-state index contributed by atoms with van der Waals surface area (Å²) in [5.41, 5.74) is 2.64. The largest absolute Gasteiger partial charge is 0.317 e. The van der Waals surface area contributed by atoms with Crippen molar-refractivity contribution in [2.45, 2.75) is 33.2 Å². The average Bonchev–Trinajstić information content (AvgIpc) is 2.33. The molecule has 0 heterocycles. The SMILES string of the molecule is CCCNCCCNCc1cccc(C)c1Br. The van der Waals surface area contributed by atoms with E-state index in [2.05, 4.69) is 58.6 Å². The molecule has 0 amide bonds. The smallest absolute Gasteiger partial charge is 0.0249 e. The van der Waals surface area contributed by atoms with Gasteiger partial charge in [-0.25, -0.2) is 0 Å². The Labute approximate surface area is 113 Å². The van der Waals surface area contributed by atoms with Crippen LogP contribution in [0.2, 0.25) is 0 Å². The van der Waals surface area contributed by atoms with E-state index in [1.165, 1.54) is 28.4 Å². The summed E-state index contributed by atoms with van der Waals surface area (Å²) in [7, 11) is 0. The minimum absolute atomic E-state index is 0.941. The predicted molar refractivity (Wildman–Crippen MR) is 78.4 cm³/mol. The monoisotopic (exact) mass is 298 g/mol. The van der Waals surface area contributed by atoms with E-state index in [0.717, 1.165) is 26.2 Å². The molecule has 0 aliphatic carbocycles. The molecular weight excluding hydrogens is 276 g/mol.